The zero-order valence-corrected chi connectivity index (χ0v) is 25.6. The first-order valence-electron chi connectivity index (χ1n) is 13.7. The number of carbonyl (C=O) groups excluding carboxylic acids is 5. The summed E-state index contributed by atoms with van der Waals surface area (Å²) in [6.07, 6.45) is -4.82. The van der Waals surface area contributed by atoms with Crippen LogP contribution >= 0.6 is 0 Å². The van der Waals surface area contributed by atoms with Gasteiger partial charge in [-0.3, -0.25) is 24.0 Å². The van der Waals surface area contributed by atoms with Crippen molar-refractivity contribution in [3.8, 4) is 0 Å². The van der Waals surface area contributed by atoms with E-state index in [-0.39, 0.29) is 36.4 Å². The zero-order chi connectivity index (χ0) is 32.1. The van der Waals surface area contributed by atoms with Crippen molar-refractivity contribution in [2.24, 2.45) is 11.3 Å². The Bertz CT molecular complexity index is 1190. The van der Waals surface area contributed by atoms with Crippen molar-refractivity contribution in [3.05, 3.63) is 34.1 Å². The third-order valence-corrected chi connectivity index (χ3v) is 7.63. The number of carbonyl (C=O) groups is 5. The molecule has 12 heteroatoms. The number of hydrogen-bond donors (Lipinski definition) is 2. The van der Waals surface area contributed by atoms with Gasteiger partial charge in [0.1, 0.15) is 18.8 Å². The van der Waals surface area contributed by atoms with Gasteiger partial charge in [-0.25, -0.2) is 0 Å². The Kier molecular flexibility index (Phi) is 11.7. The van der Waals surface area contributed by atoms with Crippen molar-refractivity contribution in [2.45, 2.75) is 106 Å². The van der Waals surface area contributed by atoms with E-state index in [4.69, 9.17) is 23.7 Å². The first-order valence-corrected chi connectivity index (χ1v) is 13.7. The van der Waals surface area contributed by atoms with Crippen LogP contribution in [0.2, 0.25) is 0 Å². The summed E-state index contributed by atoms with van der Waals surface area (Å²) in [7, 11) is 0. The van der Waals surface area contributed by atoms with Gasteiger partial charge < -0.3 is 33.9 Å². The maximum absolute atomic E-state index is 12.5. The summed E-state index contributed by atoms with van der Waals surface area (Å²) in [4.78, 5) is 60.8. The standard InChI is InChI=1S/C30H42O12/c1-14-25(39-17(4)32)11-22-24(37)10-21(13-38-16(3)31)23(36)12-26(40-18(5)33)15(2)28(41-19(6)34)29(42-20(7)35)27(14)30(22,8)9/h10,22-26,29,36-37H,11-13H2,1-9H3/b21-10-,28-15+/t22-,23-,24+,25-,26-,29+/m0/s1. The van der Waals surface area contributed by atoms with Crippen LogP contribution in [0.25, 0.3) is 0 Å². The van der Waals surface area contributed by atoms with Gasteiger partial charge in [0.15, 0.2) is 11.9 Å². The maximum atomic E-state index is 12.5. The van der Waals surface area contributed by atoms with Crippen molar-refractivity contribution < 1.29 is 57.9 Å². The van der Waals surface area contributed by atoms with E-state index >= 15 is 0 Å². The average Bonchev–Trinajstić information content (AvgIpc) is 2.83. The van der Waals surface area contributed by atoms with Gasteiger partial charge in [-0.2, -0.15) is 0 Å². The average molecular weight is 595 g/mol. The second-order valence-corrected chi connectivity index (χ2v) is 11.3. The number of fused-ring (bicyclic) bond motifs is 2. The summed E-state index contributed by atoms with van der Waals surface area (Å²) in [6.45, 7) is 12.4. The fourth-order valence-electron chi connectivity index (χ4n) is 5.74. The number of aliphatic hydroxyl groups is 2. The zero-order valence-electron chi connectivity index (χ0n) is 25.6. The minimum Gasteiger partial charge on any atom is -0.461 e. The van der Waals surface area contributed by atoms with Crippen molar-refractivity contribution in [1.29, 1.82) is 0 Å². The number of hydrogen-bond acceptors (Lipinski definition) is 12. The van der Waals surface area contributed by atoms with E-state index in [1.807, 2.05) is 0 Å². The van der Waals surface area contributed by atoms with Crippen LogP contribution in [0.15, 0.2) is 34.1 Å². The molecule has 2 bridgehead atoms. The highest BCUT2D eigenvalue weighted by atomic mass is 16.6. The smallest absolute Gasteiger partial charge is 0.307 e. The van der Waals surface area contributed by atoms with E-state index in [9.17, 15) is 34.2 Å². The van der Waals surface area contributed by atoms with Gasteiger partial charge in [-0.05, 0) is 42.4 Å². The normalized spacial score (nSPS) is 30.9. The second-order valence-electron chi connectivity index (χ2n) is 11.3. The Morgan fingerprint density at radius 3 is 1.79 bits per heavy atom. The van der Waals surface area contributed by atoms with Crippen LogP contribution in [-0.2, 0) is 47.7 Å². The lowest BCUT2D eigenvalue weighted by Crippen LogP contribution is -2.48. The van der Waals surface area contributed by atoms with E-state index in [1.165, 1.54) is 33.8 Å². The molecule has 0 spiro atoms. The molecule has 42 heavy (non-hydrogen) atoms. The predicted octanol–water partition coefficient (Wildman–Crippen LogP) is 2.60. The van der Waals surface area contributed by atoms with Gasteiger partial charge in [0, 0.05) is 52.5 Å². The van der Waals surface area contributed by atoms with Crippen molar-refractivity contribution in [1.82, 2.24) is 0 Å². The summed E-state index contributed by atoms with van der Waals surface area (Å²) in [5.74, 6) is -4.24. The molecule has 2 aliphatic rings. The van der Waals surface area contributed by atoms with Crippen LogP contribution in [0.5, 0.6) is 0 Å². The Labute approximate surface area is 245 Å². The molecule has 12 nitrogen and oxygen atoms in total. The summed E-state index contributed by atoms with van der Waals surface area (Å²) >= 11 is 0. The van der Waals surface area contributed by atoms with Crippen molar-refractivity contribution >= 4 is 29.8 Å². The van der Waals surface area contributed by atoms with E-state index < -0.39 is 71.7 Å². The number of aliphatic hydroxyl groups excluding tert-OH is 2. The van der Waals surface area contributed by atoms with E-state index in [1.54, 1.807) is 20.8 Å². The Hall–Kier alpha value is -3.51. The molecule has 0 saturated heterocycles. The molecule has 2 aliphatic carbocycles. The fourth-order valence-corrected chi connectivity index (χ4v) is 5.74. The first-order chi connectivity index (χ1) is 19.4. The fraction of sp³-hybridized carbons (Fsp3) is 0.633. The first kappa shape index (κ1) is 34.7. The lowest BCUT2D eigenvalue weighted by Gasteiger charge is -2.48. The van der Waals surface area contributed by atoms with Crippen LogP contribution < -0.4 is 0 Å². The van der Waals surface area contributed by atoms with Gasteiger partial charge in [0.2, 0.25) is 0 Å². The molecule has 2 rings (SSSR count). The van der Waals surface area contributed by atoms with E-state index in [0.717, 1.165) is 13.8 Å². The molecule has 6 atom stereocenters. The summed E-state index contributed by atoms with van der Waals surface area (Å²) in [6, 6.07) is 0. The molecular formula is C30H42O12. The van der Waals surface area contributed by atoms with Gasteiger partial charge in [0.25, 0.3) is 0 Å². The van der Waals surface area contributed by atoms with Gasteiger partial charge in [0.05, 0.1) is 12.2 Å². The van der Waals surface area contributed by atoms with E-state index in [2.05, 4.69) is 0 Å². The van der Waals surface area contributed by atoms with Crippen LogP contribution in [0.4, 0.5) is 0 Å². The molecule has 0 amide bonds. The van der Waals surface area contributed by atoms with Crippen LogP contribution in [0.3, 0.4) is 0 Å². The second kappa shape index (κ2) is 14.1. The molecule has 0 aromatic rings. The highest BCUT2D eigenvalue weighted by Gasteiger charge is 2.50. The third kappa shape index (κ3) is 8.51. The molecule has 0 radical (unpaired) electrons. The summed E-state index contributed by atoms with van der Waals surface area (Å²) in [5.41, 5.74) is 0.234. The summed E-state index contributed by atoms with van der Waals surface area (Å²) < 4.78 is 27.7. The van der Waals surface area contributed by atoms with Crippen molar-refractivity contribution in [2.75, 3.05) is 6.61 Å². The number of rotatable bonds is 6. The van der Waals surface area contributed by atoms with Crippen LogP contribution in [-0.4, -0.2) is 77.2 Å². The lowest BCUT2D eigenvalue weighted by atomic mass is 9.60. The summed E-state index contributed by atoms with van der Waals surface area (Å²) in [5, 5.41) is 22.9. The Morgan fingerprint density at radius 2 is 1.31 bits per heavy atom. The number of esters is 5. The molecule has 0 aromatic carbocycles. The van der Waals surface area contributed by atoms with Gasteiger partial charge in [-0.15, -0.1) is 0 Å². The lowest BCUT2D eigenvalue weighted by molar-refractivity contribution is -0.152. The largest absolute Gasteiger partial charge is 0.461 e. The quantitative estimate of drug-likeness (QED) is 0.262. The van der Waals surface area contributed by atoms with Crippen molar-refractivity contribution in [3.63, 3.8) is 0 Å². The van der Waals surface area contributed by atoms with Gasteiger partial charge >= 0.3 is 29.8 Å². The minimum absolute atomic E-state index is 0.140. The SMILES string of the molecule is CC(=O)OC/C1=C/[C@@H](O)[C@@H]2C[C@H](OC(C)=O)C(C)=C([C@@H](OC(C)=O)/C(OC(C)=O)=C(/C)[C@@H](OC(C)=O)C[C@@H]1O)C2(C)C. The molecule has 0 fully saturated rings. The van der Waals surface area contributed by atoms with Gasteiger partial charge in [-0.1, -0.05) is 19.9 Å². The molecular weight excluding hydrogens is 552 g/mol. The molecule has 0 heterocycles. The number of ether oxygens (including phenoxy) is 5. The topological polar surface area (TPSA) is 172 Å². The molecule has 0 aromatic heterocycles. The van der Waals surface area contributed by atoms with E-state index in [0.29, 0.717) is 11.1 Å². The highest BCUT2D eigenvalue weighted by Crippen LogP contribution is 2.51. The predicted molar refractivity (Wildman–Crippen MR) is 147 cm³/mol. The molecule has 0 saturated carbocycles. The third-order valence-electron chi connectivity index (χ3n) is 7.63. The Morgan fingerprint density at radius 1 is 0.786 bits per heavy atom. The molecule has 2 N–H and O–H groups in total. The molecule has 234 valence electrons. The minimum atomic E-state index is -1.39. The monoisotopic (exact) mass is 594 g/mol. The molecule has 0 aliphatic heterocycles. The van der Waals surface area contributed by atoms with Crippen LogP contribution in [0, 0.1) is 11.3 Å². The maximum Gasteiger partial charge on any atom is 0.307 e. The molecule has 0 unspecified atom stereocenters. The van der Waals surface area contributed by atoms with Crippen LogP contribution in [0.1, 0.15) is 75.2 Å². The highest BCUT2D eigenvalue weighted by molar-refractivity contribution is 5.70. The Balaban J connectivity index is 3.05.